The van der Waals surface area contributed by atoms with Gasteiger partial charge in [0.2, 0.25) is 0 Å². The van der Waals surface area contributed by atoms with Gasteiger partial charge >= 0.3 is 6.09 Å². The molecule has 0 saturated carbocycles. The third-order valence-electron chi connectivity index (χ3n) is 2.96. The Bertz CT molecular complexity index is 444. The lowest BCUT2D eigenvalue weighted by Gasteiger charge is -2.13. The number of nitrogens with zero attached hydrogens (tertiary/aromatic N) is 1. The summed E-state index contributed by atoms with van der Waals surface area (Å²) in [5, 5.41) is 0. The first-order valence-corrected chi connectivity index (χ1v) is 6.06. The molecular weight excluding hydrogens is 234 g/mol. The second-order valence-electron chi connectivity index (χ2n) is 4.45. The summed E-state index contributed by atoms with van der Waals surface area (Å²) in [5.41, 5.74) is 1.04. The lowest BCUT2D eigenvalue weighted by molar-refractivity contribution is 0.157. The molecule has 18 heavy (non-hydrogen) atoms. The number of carbonyl (C=O) groups is 1. The van der Waals surface area contributed by atoms with Crippen LogP contribution in [0.4, 0.5) is 4.79 Å². The maximum absolute atomic E-state index is 11.3. The molecule has 5 heteroatoms. The van der Waals surface area contributed by atoms with Gasteiger partial charge in [-0.05, 0) is 17.7 Å². The molecule has 1 amide bonds. The topological polar surface area (TPSA) is 51.3 Å². The van der Waals surface area contributed by atoms with Crippen molar-refractivity contribution in [3.63, 3.8) is 0 Å². The van der Waals surface area contributed by atoms with Gasteiger partial charge in [0.05, 0.1) is 13.2 Å². The van der Waals surface area contributed by atoms with Crippen molar-refractivity contribution in [3.8, 4) is 5.75 Å². The van der Waals surface area contributed by atoms with E-state index in [4.69, 9.17) is 14.2 Å². The maximum Gasteiger partial charge on any atom is 0.410 e. The van der Waals surface area contributed by atoms with Gasteiger partial charge in [-0.2, -0.15) is 0 Å². The molecule has 1 unspecified atom stereocenters. The molecule has 0 spiro atoms. The van der Waals surface area contributed by atoms with Crippen molar-refractivity contribution in [2.24, 2.45) is 0 Å². The highest BCUT2D eigenvalue weighted by Crippen LogP contribution is 2.18. The van der Waals surface area contributed by atoms with Crippen LogP contribution in [0.1, 0.15) is 5.56 Å². The van der Waals surface area contributed by atoms with Crippen LogP contribution in [0.25, 0.3) is 0 Å². The summed E-state index contributed by atoms with van der Waals surface area (Å²) in [6.07, 6.45) is 0.00918. The number of epoxide rings is 1. The van der Waals surface area contributed by atoms with Gasteiger partial charge in [0.1, 0.15) is 25.1 Å². The number of amides is 1. The summed E-state index contributed by atoms with van der Waals surface area (Å²) in [5.74, 6) is 0.815. The standard InChI is InChI=1S/C13H15NO4/c15-13-14(4-5-16-13)7-10-2-1-3-11(6-10)17-8-12-9-18-12/h1-3,6,12H,4-5,7-9H2. The lowest BCUT2D eigenvalue weighted by Crippen LogP contribution is -2.23. The van der Waals surface area contributed by atoms with E-state index in [-0.39, 0.29) is 12.2 Å². The average Bonchev–Trinajstić information content (AvgIpc) is 3.13. The van der Waals surface area contributed by atoms with Gasteiger partial charge in [-0.15, -0.1) is 0 Å². The van der Waals surface area contributed by atoms with Crippen LogP contribution in [0.2, 0.25) is 0 Å². The van der Waals surface area contributed by atoms with Crippen LogP contribution in [-0.4, -0.2) is 43.5 Å². The zero-order valence-corrected chi connectivity index (χ0v) is 10.0. The van der Waals surface area contributed by atoms with Crippen molar-refractivity contribution in [3.05, 3.63) is 29.8 Å². The highest BCUT2D eigenvalue weighted by atomic mass is 16.6. The fourth-order valence-corrected chi connectivity index (χ4v) is 1.88. The Labute approximate surface area is 105 Å². The molecule has 2 saturated heterocycles. The molecular formula is C13H15NO4. The maximum atomic E-state index is 11.3. The highest BCUT2D eigenvalue weighted by Gasteiger charge is 2.23. The quantitative estimate of drug-likeness (QED) is 0.740. The van der Waals surface area contributed by atoms with Gasteiger partial charge in [-0.1, -0.05) is 12.1 Å². The summed E-state index contributed by atoms with van der Waals surface area (Å²) in [7, 11) is 0. The van der Waals surface area contributed by atoms with Crippen LogP contribution >= 0.6 is 0 Å². The predicted octanol–water partition coefficient (Wildman–Crippen LogP) is 1.42. The molecule has 1 aromatic rings. The minimum Gasteiger partial charge on any atom is -0.491 e. The normalized spacial score (nSPS) is 21.9. The molecule has 3 rings (SSSR count). The zero-order chi connectivity index (χ0) is 12.4. The largest absolute Gasteiger partial charge is 0.491 e. The van der Waals surface area contributed by atoms with Crippen molar-refractivity contribution in [2.45, 2.75) is 12.6 Å². The summed E-state index contributed by atoms with van der Waals surface area (Å²) in [6.45, 7) is 3.08. The first-order valence-electron chi connectivity index (χ1n) is 6.06. The molecule has 2 heterocycles. The van der Waals surface area contributed by atoms with Gasteiger partial charge in [0.15, 0.2) is 0 Å². The minimum absolute atomic E-state index is 0.243. The molecule has 0 radical (unpaired) electrons. The monoisotopic (exact) mass is 249 g/mol. The zero-order valence-electron chi connectivity index (χ0n) is 10.0. The third kappa shape index (κ3) is 2.73. The van der Waals surface area contributed by atoms with Crippen LogP contribution in [-0.2, 0) is 16.0 Å². The van der Waals surface area contributed by atoms with E-state index in [1.165, 1.54) is 0 Å². The molecule has 0 bridgehead atoms. The second-order valence-corrected chi connectivity index (χ2v) is 4.45. The van der Waals surface area contributed by atoms with E-state index in [1.54, 1.807) is 4.90 Å². The molecule has 0 N–H and O–H groups in total. The molecule has 2 aliphatic heterocycles. The Morgan fingerprint density at radius 2 is 2.33 bits per heavy atom. The summed E-state index contributed by atoms with van der Waals surface area (Å²) >= 11 is 0. The summed E-state index contributed by atoms with van der Waals surface area (Å²) in [6, 6.07) is 7.77. The number of carbonyl (C=O) groups excluding carboxylic acids is 1. The van der Waals surface area contributed by atoms with E-state index in [9.17, 15) is 4.79 Å². The second kappa shape index (κ2) is 4.86. The van der Waals surface area contributed by atoms with E-state index in [2.05, 4.69) is 0 Å². The first kappa shape index (κ1) is 11.3. The van der Waals surface area contributed by atoms with Crippen LogP contribution in [0.3, 0.4) is 0 Å². The molecule has 1 aromatic carbocycles. The molecule has 0 aromatic heterocycles. The molecule has 2 aliphatic rings. The number of rotatable bonds is 5. The number of hydrogen-bond acceptors (Lipinski definition) is 4. The molecule has 5 nitrogen and oxygen atoms in total. The van der Waals surface area contributed by atoms with Crippen molar-refractivity contribution in [1.82, 2.24) is 4.90 Å². The number of benzene rings is 1. The smallest absolute Gasteiger partial charge is 0.410 e. The molecule has 0 aliphatic carbocycles. The first-order chi connectivity index (χ1) is 8.81. The third-order valence-corrected chi connectivity index (χ3v) is 2.96. The fourth-order valence-electron chi connectivity index (χ4n) is 1.88. The van der Waals surface area contributed by atoms with Crippen LogP contribution in [0.15, 0.2) is 24.3 Å². The Kier molecular flexibility index (Phi) is 3.06. The number of ether oxygens (including phenoxy) is 3. The van der Waals surface area contributed by atoms with Crippen LogP contribution in [0.5, 0.6) is 5.75 Å². The lowest BCUT2D eigenvalue weighted by atomic mass is 10.2. The van der Waals surface area contributed by atoms with E-state index < -0.39 is 0 Å². The van der Waals surface area contributed by atoms with Gasteiger partial charge in [0, 0.05) is 6.54 Å². The number of cyclic esters (lactones) is 1. The van der Waals surface area contributed by atoms with Gasteiger partial charge in [-0.25, -0.2) is 4.79 Å². The van der Waals surface area contributed by atoms with Crippen LogP contribution < -0.4 is 4.74 Å². The minimum atomic E-state index is -0.243. The van der Waals surface area contributed by atoms with Crippen molar-refractivity contribution in [1.29, 1.82) is 0 Å². The molecule has 1 atom stereocenters. The van der Waals surface area contributed by atoms with Crippen molar-refractivity contribution in [2.75, 3.05) is 26.4 Å². The molecule has 96 valence electrons. The van der Waals surface area contributed by atoms with Gasteiger partial charge < -0.3 is 19.1 Å². The van der Waals surface area contributed by atoms with Crippen molar-refractivity contribution < 1.29 is 19.0 Å². The Balaban J connectivity index is 1.60. The van der Waals surface area contributed by atoms with E-state index in [1.807, 2.05) is 24.3 Å². The number of hydrogen-bond donors (Lipinski definition) is 0. The fraction of sp³-hybridized carbons (Fsp3) is 0.462. The SMILES string of the molecule is O=C1OCCN1Cc1cccc(OCC2CO2)c1. The Hall–Kier alpha value is -1.75. The summed E-state index contributed by atoms with van der Waals surface area (Å²) in [4.78, 5) is 13.0. The highest BCUT2D eigenvalue weighted by molar-refractivity contribution is 5.69. The summed E-state index contributed by atoms with van der Waals surface area (Å²) < 4.78 is 15.6. The Morgan fingerprint density at radius 3 is 3.06 bits per heavy atom. The predicted molar refractivity (Wildman–Crippen MR) is 63.4 cm³/mol. The van der Waals surface area contributed by atoms with Gasteiger partial charge in [-0.3, -0.25) is 0 Å². The van der Waals surface area contributed by atoms with Crippen LogP contribution in [0, 0.1) is 0 Å². The van der Waals surface area contributed by atoms with E-state index >= 15 is 0 Å². The Morgan fingerprint density at radius 1 is 1.44 bits per heavy atom. The molecule has 2 fully saturated rings. The van der Waals surface area contributed by atoms with E-state index in [0.29, 0.717) is 26.3 Å². The van der Waals surface area contributed by atoms with Gasteiger partial charge in [0.25, 0.3) is 0 Å². The van der Waals surface area contributed by atoms with Crippen molar-refractivity contribution >= 4 is 6.09 Å². The van der Waals surface area contributed by atoms with E-state index in [0.717, 1.165) is 17.9 Å². The average molecular weight is 249 g/mol.